The highest BCUT2D eigenvalue weighted by molar-refractivity contribution is 7.07. The van der Waals surface area contributed by atoms with E-state index in [0.29, 0.717) is 5.56 Å². The van der Waals surface area contributed by atoms with Gasteiger partial charge in [-0.15, -0.1) is 0 Å². The Kier molecular flexibility index (Phi) is 4.50. The molecule has 5 heteroatoms. The van der Waals surface area contributed by atoms with Crippen LogP contribution in [0.15, 0.2) is 41.1 Å². The smallest absolute Gasteiger partial charge is 0.304 e. The molecule has 0 aliphatic carbocycles. The summed E-state index contributed by atoms with van der Waals surface area (Å²) in [6, 6.07) is 7.44. The molecule has 1 N–H and O–H groups in total. The fraction of sp³-hybridized carbons (Fsp3) is 0.333. The summed E-state index contributed by atoms with van der Waals surface area (Å²) in [6.45, 7) is 3.88. The van der Waals surface area contributed by atoms with Crippen molar-refractivity contribution < 1.29 is 13.2 Å². The average Bonchev–Trinajstić information content (AvgIpc) is 2.91. The fourth-order valence-corrected chi connectivity index (χ4v) is 2.83. The Morgan fingerprint density at radius 2 is 1.75 bits per heavy atom. The van der Waals surface area contributed by atoms with Gasteiger partial charge in [0.05, 0.1) is 5.56 Å². The van der Waals surface area contributed by atoms with Crippen LogP contribution in [0.25, 0.3) is 0 Å². The van der Waals surface area contributed by atoms with Crippen LogP contribution in [0, 0.1) is 0 Å². The molecule has 0 fully saturated rings. The summed E-state index contributed by atoms with van der Waals surface area (Å²) in [5.74, 6) is 0. The maximum absolute atomic E-state index is 12.7. The maximum atomic E-state index is 12.7. The van der Waals surface area contributed by atoms with Crippen LogP contribution in [0.5, 0.6) is 0 Å². The van der Waals surface area contributed by atoms with Crippen molar-refractivity contribution in [3.05, 3.63) is 57.8 Å². The lowest BCUT2D eigenvalue weighted by Gasteiger charge is -2.20. The van der Waals surface area contributed by atoms with Crippen molar-refractivity contribution in [2.75, 3.05) is 0 Å². The van der Waals surface area contributed by atoms with Gasteiger partial charge in [0.2, 0.25) is 0 Å². The number of alkyl halides is 3. The van der Waals surface area contributed by atoms with E-state index >= 15 is 0 Å². The standard InChI is InChI=1S/C15H16F3NS/c1-10(19-11(2)13-6-7-20-9-13)12-4-3-5-14(8-12)15(16,17)18/h3-11,19H,1-2H3. The van der Waals surface area contributed by atoms with E-state index in [-0.39, 0.29) is 12.1 Å². The summed E-state index contributed by atoms with van der Waals surface area (Å²) in [7, 11) is 0. The summed E-state index contributed by atoms with van der Waals surface area (Å²) >= 11 is 1.61. The van der Waals surface area contributed by atoms with Crippen LogP contribution in [-0.4, -0.2) is 0 Å². The lowest BCUT2D eigenvalue weighted by molar-refractivity contribution is -0.137. The van der Waals surface area contributed by atoms with E-state index < -0.39 is 11.7 Å². The van der Waals surface area contributed by atoms with Crippen molar-refractivity contribution in [2.24, 2.45) is 0 Å². The Bertz CT molecular complexity index is 548. The molecule has 108 valence electrons. The second-order valence-corrected chi connectivity index (χ2v) is 5.57. The minimum atomic E-state index is -4.30. The minimum absolute atomic E-state index is 0.103. The molecule has 1 aromatic heterocycles. The van der Waals surface area contributed by atoms with Crippen molar-refractivity contribution in [3.63, 3.8) is 0 Å². The molecule has 0 aliphatic heterocycles. The summed E-state index contributed by atoms with van der Waals surface area (Å²) in [4.78, 5) is 0. The fourth-order valence-electron chi connectivity index (χ4n) is 2.07. The van der Waals surface area contributed by atoms with E-state index in [1.54, 1.807) is 17.4 Å². The van der Waals surface area contributed by atoms with Gasteiger partial charge in [0.15, 0.2) is 0 Å². The molecule has 0 radical (unpaired) electrons. The molecule has 0 spiro atoms. The number of thiophene rings is 1. The lowest BCUT2D eigenvalue weighted by Crippen LogP contribution is -2.22. The number of hydrogen-bond donors (Lipinski definition) is 1. The zero-order chi connectivity index (χ0) is 14.8. The first kappa shape index (κ1) is 15.1. The van der Waals surface area contributed by atoms with Gasteiger partial charge in [0.1, 0.15) is 0 Å². The second-order valence-electron chi connectivity index (χ2n) is 4.79. The molecule has 0 saturated heterocycles. The molecule has 1 heterocycles. The topological polar surface area (TPSA) is 12.0 Å². The van der Waals surface area contributed by atoms with E-state index in [9.17, 15) is 13.2 Å². The van der Waals surface area contributed by atoms with Crippen LogP contribution in [0.3, 0.4) is 0 Å². The number of rotatable bonds is 4. The van der Waals surface area contributed by atoms with E-state index in [2.05, 4.69) is 5.32 Å². The van der Waals surface area contributed by atoms with Gasteiger partial charge in [-0.25, -0.2) is 0 Å². The molecule has 0 amide bonds. The molecule has 20 heavy (non-hydrogen) atoms. The highest BCUT2D eigenvalue weighted by atomic mass is 32.1. The quantitative estimate of drug-likeness (QED) is 0.820. The predicted molar refractivity (Wildman–Crippen MR) is 75.7 cm³/mol. The Hall–Kier alpha value is -1.33. The van der Waals surface area contributed by atoms with E-state index in [1.807, 2.05) is 30.7 Å². The van der Waals surface area contributed by atoms with Crippen molar-refractivity contribution in [1.82, 2.24) is 5.32 Å². The van der Waals surface area contributed by atoms with Crippen molar-refractivity contribution in [3.8, 4) is 0 Å². The Labute approximate surface area is 120 Å². The Morgan fingerprint density at radius 3 is 2.35 bits per heavy atom. The van der Waals surface area contributed by atoms with Crippen LogP contribution in [0.1, 0.15) is 42.6 Å². The van der Waals surface area contributed by atoms with E-state index in [4.69, 9.17) is 0 Å². The van der Waals surface area contributed by atoms with Crippen LogP contribution < -0.4 is 5.32 Å². The molecule has 2 aromatic rings. The van der Waals surface area contributed by atoms with Crippen molar-refractivity contribution >= 4 is 11.3 Å². The third-order valence-corrected chi connectivity index (χ3v) is 3.96. The van der Waals surface area contributed by atoms with Gasteiger partial charge < -0.3 is 5.32 Å². The van der Waals surface area contributed by atoms with Crippen LogP contribution in [-0.2, 0) is 6.18 Å². The van der Waals surface area contributed by atoms with E-state index in [1.165, 1.54) is 12.1 Å². The SMILES string of the molecule is CC(NC(C)c1cccc(C(F)(F)F)c1)c1ccsc1. The second kappa shape index (κ2) is 5.97. The molecular weight excluding hydrogens is 283 g/mol. The van der Waals surface area contributed by atoms with E-state index in [0.717, 1.165) is 11.6 Å². The zero-order valence-electron chi connectivity index (χ0n) is 11.2. The monoisotopic (exact) mass is 299 g/mol. The van der Waals surface area contributed by atoms with Crippen molar-refractivity contribution in [1.29, 1.82) is 0 Å². The summed E-state index contributed by atoms with van der Waals surface area (Å²) in [6.07, 6.45) is -4.30. The molecule has 2 atom stereocenters. The van der Waals surface area contributed by atoms with Gasteiger partial charge in [0.25, 0.3) is 0 Å². The molecule has 0 bridgehead atoms. The molecule has 2 unspecified atom stereocenters. The molecule has 0 saturated carbocycles. The number of nitrogens with one attached hydrogen (secondary N) is 1. The summed E-state index contributed by atoms with van der Waals surface area (Å²) < 4.78 is 38.1. The first-order valence-electron chi connectivity index (χ1n) is 6.33. The van der Waals surface area contributed by atoms with Crippen LogP contribution in [0.4, 0.5) is 13.2 Å². The van der Waals surface area contributed by atoms with Gasteiger partial charge >= 0.3 is 6.18 Å². The average molecular weight is 299 g/mol. The summed E-state index contributed by atoms with van der Waals surface area (Å²) in [5, 5.41) is 7.34. The van der Waals surface area contributed by atoms with Gasteiger partial charge in [-0.3, -0.25) is 0 Å². The van der Waals surface area contributed by atoms with Crippen LogP contribution in [0.2, 0.25) is 0 Å². The highest BCUT2D eigenvalue weighted by Gasteiger charge is 2.30. The van der Waals surface area contributed by atoms with Gasteiger partial charge in [0, 0.05) is 12.1 Å². The molecular formula is C15H16F3NS. The highest BCUT2D eigenvalue weighted by Crippen LogP contribution is 2.31. The first-order valence-corrected chi connectivity index (χ1v) is 7.27. The number of halogens is 3. The minimum Gasteiger partial charge on any atom is -0.304 e. The third-order valence-electron chi connectivity index (χ3n) is 3.26. The zero-order valence-corrected chi connectivity index (χ0v) is 12.1. The van der Waals surface area contributed by atoms with Crippen LogP contribution >= 0.6 is 11.3 Å². The molecule has 1 aromatic carbocycles. The van der Waals surface area contributed by atoms with Gasteiger partial charge in [-0.2, -0.15) is 24.5 Å². The van der Waals surface area contributed by atoms with Crippen molar-refractivity contribution in [2.45, 2.75) is 32.1 Å². The normalized spacial score (nSPS) is 15.1. The Balaban J connectivity index is 2.11. The molecule has 0 aliphatic rings. The maximum Gasteiger partial charge on any atom is 0.416 e. The summed E-state index contributed by atoms with van der Waals surface area (Å²) in [5.41, 5.74) is 1.18. The first-order chi connectivity index (χ1) is 9.38. The van der Waals surface area contributed by atoms with Gasteiger partial charge in [-0.05, 0) is 53.9 Å². The largest absolute Gasteiger partial charge is 0.416 e. The third kappa shape index (κ3) is 3.61. The van der Waals surface area contributed by atoms with Gasteiger partial charge in [-0.1, -0.05) is 12.1 Å². The number of hydrogen-bond acceptors (Lipinski definition) is 2. The molecule has 2 rings (SSSR count). The number of benzene rings is 1. The predicted octanol–water partition coefficient (Wildman–Crippen LogP) is 5.18. The lowest BCUT2D eigenvalue weighted by atomic mass is 10.0. The molecule has 1 nitrogen and oxygen atoms in total. The Morgan fingerprint density at radius 1 is 1.05 bits per heavy atom.